The minimum absolute atomic E-state index is 0.762. The van der Waals surface area contributed by atoms with Crippen molar-refractivity contribution < 1.29 is 0 Å². The van der Waals surface area contributed by atoms with Crippen LogP contribution in [0.25, 0.3) is 148 Å². The van der Waals surface area contributed by atoms with Crippen molar-refractivity contribution in [3.05, 3.63) is 308 Å². The van der Waals surface area contributed by atoms with E-state index in [1.54, 1.807) is 0 Å². The molecule has 0 saturated carbocycles. The number of nitrogens with zero attached hydrogens (tertiary/aromatic N) is 4. The second-order valence-corrected chi connectivity index (χ2v) is 24.2. The second-order valence-electron chi connectivity index (χ2n) is 24.2. The van der Waals surface area contributed by atoms with Crippen LogP contribution in [-0.2, 0) is 0 Å². The van der Waals surface area contributed by atoms with Crippen LogP contribution in [0.4, 0.5) is 0 Å². The molecule has 8 heteroatoms. The highest BCUT2D eigenvalue weighted by Gasteiger charge is 2.36. The van der Waals surface area contributed by atoms with E-state index in [4.69, 9.17) is 19.9 Å². The van der Waals surface area contributed by atoms with Gasteiger partial charge in [0.15, 0.2) is 0 Å². The summed E-state index contributed by atoms with van der Waals surface area (Å²) in [6, 6.07) is 75.5. The minimum Gasteiger partial charge on any atom is -0.355 e. The van der Waals surface area contributed by atoms with E-state index in [1.807, 2.05) is 30.3 Å². The van der Waals surface area contributed by atoms with Gasteiger partial charge in [0.05, 0.1) is 56.6 Å². The van der Waals surface area contributed by atoms with Crippen LogP contribution >= 0.6 is 0 Å². The standard InChI is InChI=1S/C84H58N8/c1-49-15-24-55(25-16-49)77-65-35-32-59(85-65)47-60-33-36-66(86-60)78(56-26-17-50(2)18-27-56)69-42-45-73(90-69)81(72-44-41-68(77)89-72)83-76(54-13-9-6-10-14-54)62-48-75-80(58-30-21-52(4)22-31-58)71-40-38-64(88-71)61(34-23-53-11-7-5-8-12-53)63-37-39-67(87-63)79(57-28-19-51(3)20-29-57)70-43-46-74(91-70)82(83)84(62)92-75/h5-22,24-33,35-48,85,88,90-91H,1-4H3. The molecule has 6 aromatic carbocycles. The molecule has 0 unspecified atom stereocenters. The molecule has 6 aromatic heterocycles. The molecule has 0 spiro atoms. The third-order valence-electron chi connectivity index (χ3n) is 18.0. The summed E-state index contributed by atoms with van der Waals surface area (Å²) in [6.45, 7) is 8.51. The summed E-state index contributed by atoms with van der Waals surface area (Å²) < 4.78 is 0. The number of hydrogen-bond donors (Lipinski definition) is 4. The molecular weight excluding hydrogens is 1120 g/mol. The van der Waals surface area contributed by atoms with Crippen molar-refractivity contribution in [2.24, 2.45) is 0 Å². The Morgan fingerprint density at radius 1 is 0.293 bits per heavy atom. The predicted molar refractivity (Wildman–Crippen MR) is 382 cm³/mol. The van der Waals surface area contributed by atoms with Gasteiger partial charge in [-0.2, -0.15) is 0 Å². The maximum Gasteiger partial charge on any atom is 0.0816 e. The van der Waals surface area contributed by atoms with Crippen LogP contribution in [0.15, 0.2) is 212 Å². The summed E-state index contributed by atoms with van der Waals surface area (Å²) in [5.74, 6) is 7.09. The molecule has 4 N–H and O–H groups in total. The van der Waals surface area contributed by atoms with Crippen LogP contribution in [0, 0.1) is 39.5 Å². The third kappa shape index (κ3) is 9.50. The first-order chi connectivity index (χ1) is 45.2. The van der Waals surface area contributed by atoms with E-state index in [1.165, 1.54) is 22.3 Å². The number of rotatable bonds is 6. The lowest BCUT2D eigenvalue weighted by Gasteiger charge is -2.13. The Morgan fingerprint density at radius 3 is 1.26 bits per heavy atom. The SMILES string of the molecule is Cc1ccc(-c2c3nc(c(C4=C(c5ccccc5)C5=Cc6nc5c4c4ccc([nH]4)c(-c4ccc(C)cc4)c4nc(c(C#Cc5ccccc5)c5ccc([nH]5)c6-c5ccc(C)cc5)C=C4)c4ccc([nH]4)c(-c4ccc(C)cc4)c4nc(cc5ccc2[nH]5)C=C4)C=C3)cc1. The average Bonchev–Trinajstić information content (AvgIpc) is 1.55. The molecule has 5 aliphatic rings. The Balaban J connectivity index is 1.05. The lowest BCUT2D eigenvalue weighted by atomic mass is 9.91. The van der Waals surface area contributed by atoms with E-state index in [0.717, 1.165) is 179 Å². The Labute approximate surface area is 532 Å². The van der Waals surface area contributed by atoms with E-state index >= 15 is 0 Å². The Kier molecular flexibility index (Phi) is 12.8. The van der Waals surface area contributed by atoms with Gasteiger partial charge in [-0.15, -0.1) is 0 Å². The number of nitrogens with one attached hydrogen (secondary N) is 4. The van der Waals surface area contributed by atoms with Gasteiger partial charge in [0.1, 0.15) is 0 Å². The number of aromatic nitrogens is 8. The van der Waals surface area contributed by atoms with Crippen molar-refractivity contribution >= 4 is 103 Å². The van der Waals surface area contributed by atoms with Crippen molar-refractivity contribution in [3.63, 3.8) is 0 Å². The van der Waals surface area contributed by atoms with Crippen LogP contribution in [-0.4, -0.2) is 39.9 Å². The van der Waals surface area contributed by atoms with Gasteiger partial charge in [0, 0.05) is 88.7 Å². The molecule has 17 rings (SSSR count). The van der Waals surface area contributed by atoms with Gasteiger partial charge in [0.2, 0.25) is 0 Å². The number of allylic oxidation sites excluding steroid dienone is 2. The zero-order valence-corrected chi connectivity index (χ0v) is 51.0. The molecule has 16 bridgehead atoms. The summed E-state index contributed by atoms with van der Waals surface area (Å²) in [5.41, 5.74) is 34.1. The molecule has 8 nitrogen and oxygen atoms in total. The highest BCUT2D eigenvalue weighted by atomic mass is 14.8. The van der Waals surface area contributed by atoms with Crippen molar-refractivity contribution in [1.82, 2.24) is 39.9 Å². The zero-order valence-electron chi connectivity index (χ0n) is 51.0. The molecule has 12 aromatic rings. The fourth-order valence-corrected chi connectivity index (χ4v) is 13.4. The Bertz CT molecular complexity index is 5630. The monoisotopic (exact) mass is 1180 g/mol. The van der Waals surface area contributed by atoms with Crippen molar-refractivity contribution in [1.29, 1.82) is 0 Å². The molecule has 1 aliphatic carbocycles. The number of hydrogen-bond acceptors (Lipinski definition) is 4. The number of aromatic amines is 4. The van der Waals surface area contributed by atoms with Gasteiger partial charge in [-0.1, -0.05) is 180 Å². The Hall–Kier alpha value is -12.2. The van der Waals surface area contributed by atoms with E-state index < -0.39 is 0 Å². The molecule has 0 saturated heterocycles. The summed E-state index contributed by atoms with van der Waals surface area (Å²) in [4.78, 5) is 38.6. The summed E-state index contributed by atoms with van der Waals surface area (Å²) in [5, 5.41) is 0. The van der Waals surface area contributed by atoms with Gasteiger partial charge in [-0.05, 0) is 170 Å². The lowest BCUT2D eigenvalue weighted by Crippen LogP contribution is -1.96. The molecule has 10 heterocycles. The van der Waals surface area contributed by atoms with E-state index in [-0.39, 0.29) is 0 Å². The molecular formula is C84H58N8. The molecule has 434 valence electrons. The second kappa shape index (κ2) is 21.8. The van der Waals surface area contributed by atoms with Crippen molar-refractivity contribution in [3.8, 4) is 56.3 Å². The van der Waals surface area contributed by atoms with Gasteiger partial charge in [-0.3, -0.25) is 0 Å². The quantitative estimate of drug-likeness (QED) is 0.124. The number of benzene rings is 6. The molecule has 0 radical (unpaired) electrons. The van der Waals surface area contributed by atoms with Crippen molar-refractivity contribution in [2.45, 2.75) is 27.7 Å². The van der Waals surface area contributed by atoms with Crippen LogP contribution in [0.3, 0.4) is 0 Å². The summed E-state index contributed by atoms with van der Waals surface area (Å²) in [7, 11) is 0. The molecule has 0 amide bonds. The highest BCUT2D eigenvalue weighted by molar-refractivity contribution is 6.31. The van der Waals surface area contributed by atoms with Gasteiger partial charge >= 0.3 is 0 Å². The first-order valence-electron chi connectivity index (χ1n) is 31.2. The van der Waals surface area contributed by atoms with E-state index in [2.05, 4.69) is 284 Å². The van der Waals surface area contributed by atoms with E-state index in [9.17, 15) is 0 Å². The maximum absolute atomic E-state index is 5.98. The van der Waals surface area contributed by atoms with Gasteiger partial charge in [0.25, 0.3) is 0 Å². The van der Waals surface area contributed by atoms with E-state index in [0.29, 0.717) is 0 Å². The molecule has 4 aliphatic heterocycles. The topological polar surface area (TPSA) is 115 Å². The molecule has 0 fully saturated rings. The van der Waals surface area contributed by atoms with Crippen molar-refractivity contribution in [2.75, 3.05) is 0 Å². The average molecular weight is 1180 g/mol. The maximum atomic E-state index is 5.98. The smallest absolute Gasteiger partial charge is 0.0816 e. The Morgan fingerprint density at radius 2 is 0.707 bits per heavy atom. The number of aryl methyl sites for hydroxylation is 4. The van der Waals surface area contributed by atoms with Crippen LogP contribution in [0.5, 0.6) is 0 Å². The first-order valence-corrected chi connectivity index (χ1v) is 31.2. The zero-order chi connectivity index (χ0) is 61.6. The summed E-state index contributed by atoms with van der Waals surface area (Å²) in [6.07, 6.45) is 15.1. The number of H-pyrrole nitrogens is 4. The number of fused-ring (bicyclic) bond motifs is 16. The van der Waals surface area contributed by atoms with Crippen LogP contribution in [0.2, 0.25) is 0 Å². The van der Waals surface area contributed by atoms with Gasteiger partial charge < -0.3 is 19.9 Å². The fraction of sp³-hybridized carbons (Fsp3) is 0.0476. The first kappa shape index (κ1) is 54.0. The molecule has 92 heavy (non-hydrogen) atoms. The largest absolute Gasteiger partial charge is 0.355 e. The highest BCUT2D eigenvalue weighted by Crippen LogP contribution is 2.54. The minimum atomic E-state index is 0.762. The van der Waals surface area contributed by atoms with Crippen LogP contribution < -0.4 is 0 Å². The summed E-state index contributed by atoms with van der Waals surface area (Å²) >= 11 is 0. The third-order valence-corrected chi connectivity index (χ3v) is 18.0. The molecule has 0 atom stereocenters. The fourth-order valence-electron chi connectivity index (χ4n) is 13.4. The van der Waals surface area contributed by atoms with Gasteiger partial charge in [-0.25, -0.2) is 19.9 Å². The predicted octanol–water partition coefficient (Wildman–Crippen LogP) is 20.3. The van der Waals surface area contributed by atoms with Crippen LogP contribution in [0.1, 0.15) is 95.6 Å². The normalized spacial score (nSPS) is 12.8. The lowest BCUT2D eigenvalue weighted by molar-refractivity contribution is 1.29.